The van der Waals surface area contributed by atoms with Crippen molar-refractivity contribution in [1.29, 1.82) is 0 Å². The van der Waals surface area contributed by atoms with Crippen molar-refractivity contribution in [2.24, 2.45) is 0 Å². The van der Waals surface area contributed by atoms with E-state index in [0.29, 0.717) is 11.4 Å². The monoisotopic (exact) mass is 888 g/mol. The van der Waals surface area contributed by atoms with E-state index >= 15 is 0 Å². The van der Waals surface area contributed by atoms with E-state index in [4.69, 9.17) is 0 Å². The van der Waals surface area contributed by atoms with Gasteiger partial charge < -0.3 is 46.4 Å². The number of benzene rings is 8. The van der Waals surface area contributed by atoms with Crippen molar-refractivity contribution >= 4 is 40.9 Å². The fourth-order valence-corrected chi connectivity index (χ4v) is 6.59. The van der Waals surface area contributed by atoms with Crippen LogP contribution >= 0.6 is 0 Å². The molecule has 10 rings (SSSR count). The van der Waals surface area contributed by atoms with Gasteiger partial charge in [0.15, 0.2) is 11.4 Å². The summed E-state index contributed by atoms with van der Waals surface area (Å²) in [6, 6.07) is 61.0. The van der Waals surface area contributed by atoms with Gasteiger partial charge in [0.1, 0.15) is 11.5 Å². The van der Waals surface area contributed by atoms with E-state index in [1.165, 1.54) is 0 Å². The SMILES string of the molecule is CC1(O)C=Cc2cccc(O)c2N1.CC1(O)C=Cc2cccc(O)c2N1.[Al+3].[O-]c1ccc(-c2ccccc2)cc1.[O-]c1ccc(-c2ccccc2)cc1.[O-]c1ccc(-c2ccccc2)cc1. The van der Waals surface area contributed by atoms with Crippen molar-refractivity contribution in [3.8, 4) is 62.1 Å². The Balaban J connectivity index is 0.000000154. The molecule has 0 radical (unpaired) electrons. The summed E-state index contributed by atoms with van der Waals surface area (Å²) in [4.78, 5) is 0. The molecule has 0 bridgehead atoms. The molecular formula is C56H49AlN2O7. The largest absolute Gasteiger partial charge is 3.00 e. The Morgan fingerprint density at radius 2 is 0.606 bits per heavy atom. The third-order valence-corrected chi connectivity index (χ3v) is 9.96. The van der Waals surface area contributed by atoms with Crippen LogP contribution in [-0.2, 0) is 0 Å². The number of hydrogen-bond acceptors (Lipinski definition) is 9. The number of aliphatic hydroxyl groups is 2. The molecule has 0 spiro atoms. The van der Waals surface area contributed by atoms with Crippen molar-refractivity contribution in [2.75, 3.05) is 10.6 Å². The van der Waals surface area contributed by atoms with Gasteiger partial charge in [0.05, 0.1) is 11.4 Å². The van der Waals surface area contributed by atoms with Crippen LogP contribution in [0.2, 0.25) is 0 Å². The average Bonchev–Trinajstić information content (AvgIpc) is 3.32. The number of anilines is 2. The number of phenols is 2. The Bertz CT molecular complexity index is 2520. The van der Waals surface area contributed by atoms with Gasteiger partial charge in [0.2, 0.25) is 0 Å². The van der Waals surface area contributed by atoms with E-state index in [2.05, 4.69) is 10.6 Å². The number of fused-ring (bicyclic) bond motifs is 2. The first-order valence-corrected chi connectivity index (χ1v) is 20.8. The van der Waals surface area contributed by atoms with Crippen LogP contribution in [-0.4, -0.2) is 49.2 Å². The summed E-state index contributed by atoms with van der Waals surface area (Å²) < 4.78 is 0. The van der Waals surface area contributed by atoms with Crippen LogP contribution in [0.4, 0.5) is 11.4 Å². The summed E-state index contributed by atoms with van der Waals surface area (Å²) in [5.74, 6) is 0.475. The van der Waals surface area contributed by atoms with Crippen LogP contribution in [0.25, 0.3) is 45.5 Å². The molecule has 6 N–H and O–H groups in total. The molecule has 9 nitrogen and oxygen atoms in total. The van der Waals surface area contributed by atoms with E-state index in [1.807, 2.05) is 140 Å². The zero-order valence-electron chi connectivity index (χ0n) is 36.5. The summed E-state index contributed by atoms with van der Waals surface area (Å²) in [7, 11) is 0. The van der Waals surface area contributed by atoms with Gasteiger partial charge in [-0.1, -0.05) is 200 Å². The van der Waals surface area contributed by atoms with E-state index in [0.717, 1.165) is 44.5 Å². The Kier molecular flexibility index (Phi) is 17.4. The predicted molar refractivity (Wildman–Crippen MR) is 263 cm³/mol. The maximum absolute atomic E-state index is 10.9. The first-order valence-electron chi connectivity index (χ1n) is 20.8. The van der Waals surface area contributed by atoms with Gasteiger partial charge in [-0.25, -0.2) is 0 Å². The van der Waals surface area contributed by atoms with Gasteiger partial charge in [-0.3, -0.25) is 0 Å². The second kappa shape index (κ2) is 23.3. The standard InChI is InChI=1S/3C12H10O.2C10H11NO2.Al/c3*13-12-8-6-11(7-9-12)10-4-2-1-3-5-10;2*1-10(13)6-5-7-3-2-4-8(12)9(7)11-10;/h3*1-9,13H;2*2-6,11-13H,1H3;/q;;;;;+3/p-3. The number of hydrogen-bond donors (Lipinski definition) is 6. The molecule has 8 aromatic rings. The van der Waals surface area contributed by atoms with E-state index in [-0.39, 0.29) is 46.1 Å². The van der Waals surface area contributed by atoms with Gasteiger partial charge in [0.25, 0.3) is 0 Å². The van der Waals surface area contributed by atoms with Crippen LogP contribution in [0.5, 0.6) is 28.7 Å². The number of para-hydroxylation sites is 2. The molecule has 0 fully saturated rings. The van der Waals surface area contributed by atoms with Crippen LogP contribution in [0.15, 0.2) is 212 Å². The third kappa shape index (κ3) is 14.7. The fourth-order valence-electron chi connectivity index (χ4n) is 6.59. The van der Waals surface area contributed by atoms with Gasteiger partial charge in [-0.15, -0.1) is 17.2 Å². The first-order chi connectivity index (χ1) is 31.2. The second-order valence-electron chi connectivity index (χ2n) is 15.4. The third-order valence-electron chi connectivity index (χ3n) is 9.96. The van der Waals surface area contributed by atoms with Gasteiger partial charge in [-0.2, -0.15) is 0 Å². The zero-order valence-corrected chi connectivity index (χ0v) is 37.6. The van der Waals surface area contributed by atoms with E-state index < -0.39 is 11.4 Å². The molecule has 0 saturated heterocycles. The molecule has 0 aliphatic carbocycles. The predicted octanol–water partition coefficient (Wildman–Crippen LogP) is 9.98. The summed E-state index contributed by atoms with van der Waals surface area (Å²) in [6.45, 7) is 3.25. The Morgan fingerprint density at radius 3 is 0.879 bits per heavy atom. The molecule has 2 atom stereocenters. The van der Waals surface area contributed by atoms with Gasteiger partial charge in [0, 0.05) is 11.1 Å². The van der Waals surface area contributed by atoms with Crippen LogP contribution in [0.3, 0.4) is 0 Å². The number of nitrogens with one attached hydrogen (secondary N) is 2. The van der Waals surface area contributed by atoms with E-state index in [1.54, 1.807) is 98.8 Å². The normalized spacial score (nSPS) is 15.7. The van der Waals surface area contributed by atoms with Crippen molar-refractivity contribution in [3.63, 3.8) is 0 Å². The Labute approximate surface area is 396 Å². The smallest absolute Gasteiger partial charge is 0.872 e. The van der Waals surface area contributed by atoms with E-state index in [9.17, 15) is 35.7 Å². The second-order valence-corrected chi connectivity index (χ2v) is 15.4. The maximum Gasteiger partial charge on any atom is 3.00 e. The first kappa shape index (κ1) is 49.3. The topological polar surface area (TPSA) is 174 Å². The van der Waals surface area contributed by atoms with Gasteiger partial charge >= 0.3 is 17.4 Å². The van der Waals surface area contributed by atoms with Crippen molar-refractivity contribution in [2.45, 2.75) is 25.3 Å². The molecule has 0 aromatic heterocycles. The molecule has 0 saturated carbocycles. The van der Waals surface area contributed by atoms with Crippen LogP contribution < -0.4 is 26.0 Å². The summed E-state index contributed by atoms with van der Waals surface area (Å²) in [5.41, 5.74) is 7.44. The molecule has 328 valence electrons. The maximum atomic E-state index is 10.9. The van der Waals surface area contributed by atoms with Crippen LogP contribution in [0, 0.1) is 0 Å². The molecule has 66 heavy (non-hydrogen) atoms. The zero-order chi connectivity index (χ0) is 46.2. The molecule has 2 unspecified atom stereocenters. The quantitative estimate of drug-likeness (QED) is 0.0746. The number of rotatable bonds is 3. The summed E-state index contributed by atoms with van der Waals surface area (Å²) in [5, 5.41) is 76.4. The Hall–Kier alpha value is -7.71. The van der Waals surface area contributed by atoms with Crippen molar-refractivity contribution in [1.82, 2.24) is 0 Å². The molecule has 2 aliphatic heterocycles. The molecule has 2 heterocycles. The molecule has 0 amide bonds. The number of aromatic hydroxyl groups is 2. The molecule has 8 aromatic carbocycles. The summed E-state index contributed by atoms with van der Waals surface area (Å²) >= 11 is 0. The Morgan fingerprint density at radius 1 is 0.348 bits per heavy atom. The summed E-state index contributed by atoms with van der Waals surface area (Å²) in [6.07, 6.45) is 6.86. The van der Waals surface area contributed by atoms with Crippen molar-refractivity contribution < 1.29 is 35.7 Å². The molecular weight excluding hydrogens is 840 g/mol. The fraction of sp³-hybridized carbons (Fsp3) is 0.0714. The van der Waals surface area contributed by atoms with Crippen LogP contribution in [0.1, 0.15) is 25.0 Å². The average molecular weight is 889 g/mol. The minimum Gasteiger partial charge on any atom is -0.872 e. The minimum atomic E-state index is -1.08. The minimum absolute atomic E-state index is 0. The van der Waals surface area contributed by atoms with Gasteiger partial charge in [-0.05, 0) is 71.5 Å². The van der Waals surface area contributed by atoms with Crippen molar-refractivity contribution in [3.05, 3.63) is 223 Å². The molecule has 10 heteroatoms. The number of phenolic OH excluding ortho intramolecular Hbond substituents is 2. The molecule has 2 aliphatic rings.